The van der Waals surface area contributed by atoms with Crippen LogP contribution >= 0.6 is 23.2 Å². The van der Waals surface area contributed by atoms with Crippen molar-refractivity contribution in [1.82, 2.24) is 29.1 Å². The fourth-order valence-corrected chi connectivity index (χ4v) is 10.6. The van der Waals surface area contributed by atoms with Gasteiger partial charge < -0.3 is 0 Å². The van der Waals surface area contributed by atoms with Gasteiger partial charge in [-0.05, 0) is 63.5 Å². The van der Waals surface area contributed by atoms with Crippen molar-refractivity contribution in [3.05, 3.63) is 22.2 Å². The van der Waals surface area contributed by atoms with Crippen LogP contribution in [-0.2, 0) is 20.0 Å². The number of hydrogen-bond acceptors (Lipinski definition) is 8. The molecule has 0 N–H and O–H groups in total. The minimum absolute atomic E-state index is 0.0783. The lowest BCUT2D eigenvalue weighted by atomic mass is 10.1. The Morgan fingerprint density at radius 3 is 0.950 bits per heavy atom. The van der Waals surface area contributed by atoms with Gasteiger partial charge in [-0.1, -0.05) is 57.9 Å². The van der Waals surface area contributed by atoms with Gasteiger partial charge in [0.15, 0.2) is 0 Å². The number of halogens is 2. The highest BCUT2D eigenvalue weighted by Gasteiger charge is 2.42. The van der Waals surface area contributed by atoms with Crippen LogP contribution in [0.15, 0.2) is 21.9 Å². The van der Waals surface area contributed by atoms with Crippen LogP contribution in [0, 0.1) is 0 Å². The van der Waals surface area contributed by atoms with Crippen LogP contribution in [0.5, 0.6) is 0 Å². The summed E-state index contributed by atoms with van der Waals surface area (Å²) in [6.45, 7) is 4.92. The molecule has 1 aromatic carbocycles. The number of nitrogens with zero attached hydrogens (tertiary/aromatic N) is 6. The van der Waals surface area contributed by atoms with Gasteiger partial charge in [0.1, 0.15) is 9.79 Å². The fraction of sp³-hybridized carbons (Fsp3) is 0.769. The predicted octanol–water partition coefficient (Wildman–Crippen LogP) is 4.58. The first kappa shape index (κ1) is 30.9. The Labute approximate surface area is 249 Å². The summed E-state index contributed by atoms with van der Waals surface area (Å²) in [4.78, 5) is -0.462. The SMILES string of the molecule is O=S(=O)(c1cc(S(=O)(=O)N(N2CCCCC2)N2CCCCC2)c(Cl)cc1Cl)N(N1CCCCC1)N1CCCCC1. The van der Waals surface area contributed by atoms with Crippen molar-refractivity contribution in [3.63, 3.8) is 0 Å². The smallest absolute Gasteiger partial charge is 0.213 e. The number of rotatable bonds is 8. The molecule has 5 rings (SSSR count). The molecule has 40 heavy (non-hydrogen) atoms. The Hall–Kier alpha value is -0.540. The van der Waals surface area contributed by atoms with Crippen molar-refractivity contribution >= 4 is 43.2 Å². The molecule has 4 heterocycles. The normalized spacial score (nSPS) is 23.7. The molecule has 0 bridgehead atoms. The van der Waals surface area contributed by atoms with Gasteiger partial charge in [-0.15, -0.1) is 0 Å². The van der Waals surface area contributed by atoms with E-state index in [0.29, 0.717) is 52.4 Å². The summed E-state index contributed by atoms with van der Waals surface area (Å²) in [7, 11) is -8.44. The van der Waals surface area contributed by atoms with E-state index in [1.165, 1.54) is 21.2 Å². The third-order valence-corrected chi connectivity index (χ3v) is 12.7. The van der Waals surface area contributed by atoms with Gasteiger partial charge in [0.05, 0.1) is 10.0 Å². The van der Waals surface area contributed by atoms with Crippen LogP contribution in [0.25, 0.3) is 0 Å². The molecule has 14 heteroatoms. The molecule has 4 aliphatic heterocycles. The molecule has 226 valence electrons. The summed E-state index contributed by atoms with van der Waals surface area (Å²) in [5, 5.41) is 7.33. The van der Waals surface area contributed by atoms with Crippen LogP contribution in [0.3, 0.4) is 0 Å². The Kier molecular flexibility index (Phi) is 10.4. The fourth-order valence-electron chi connectivity index (χ4n) is 6.24. The zero-order valence-corrected chi connectivity index (χ0v) is 26.3. The molecule has 0 unspecified atom stereocenters. The molecule has 0 spiro atoms. The minimum atomic E-state index is -4.22. The molecule has 0 radical (unpaired) electrons. The number of hydrazine groups is 4. The molecular formula is C26H42Cl2N6O4S2. The van der Waals surface area contributed by atoms with Crippen molar-refractivity contribution in [3.8, 4) is 0 Å². The Balaban J connectivity index is 1.57. The van der Waals surface area contributed by atoms with Crippen LogP contribution in [0.4, 0.5) is 0 Å². The monoisotopic (exact) mass is 636 g/mol. The average molecular weight is 638 g/mol. The molecule has 4 fully saturated rings. The van der Waals surface area contributed by atoms with Crippen LogP contribution in [0.2, 0.25) is 10.0 Å². The number of piperidine rings is 4. The van der Waals surface area contributed by atoms with E-state index in [0.717, 1.165) is 77.0 Å². The van der Waals surface area contributed by atoms with Crippen molar-refractivity contribution in [1.29, 1.82) is 0 Å². The standard InChI is InChI=1S/C26H42Cl2N6O4S2/c27-23-21-24(28)26(40(37,38)34(31-17-9-3-10-18-31)32-19-11-4-12-20-32)22-25(23)39(35,36)33(29-13-5-1-6-14-29)30-15-7-2-8-16-30/h21-22H,1-20H2. The van der Waals surface area contributed by atoms with E-state index >= 15 is 0 Å². The van der Waals surface area contributed by atoms with Gasteiger partial charge in [-0.3, -0.25) is 0 Å². The molecule has 0 amide bonds. The summed E-state index contributed by atoms with van der Waals surface area (Å²) < 4.78 is 60.4. The van der Waals surface area contributed by atoms with Crippen molar-refractivity contribution < 1.29 is 16.8 Å². The second-order valence-electron chi connectivity index (χ2n) is 11.2. The summed E-state index contributed by atoms with van der Waals surface area (Å²) in [6.07, 6.45) is 11.4. The summed E-state index contributed by atoms with van der Waals surface area (Å²) in [5.41, 5.74) is 0. The van der Waals surface area contributed by atoms with Crippen LogP contribution < -0.4 is 0 Å². The van der Waals surface area contributed by atoms with Gasteiger partial charge in [-0.2, -0.15) is 0 Å². The maximum absolute atomic E-state index is 14.4. The maximum atomic E-state index is 14.4. The van der Waals surface area contributed by atoms with E-state index in [1.807, 2.05) is 20.0 Å². The average Bonchev–Trinajstić information content (AvgIpc) is 2.95. The summed E-state index contributed by atoms with van der Waals surface area (Å²) in [5.74, 6) is 0. The zero-order chi connectivity index (χ0) is 28.3. The van der Waals surface area contributed by atoms with Gasteiger partial charge in [0.25, 0.3) is 20.0 Å². The quantitative estimate of drug-likeness (QED) is 0.410. The van der Waals surface area contributed by atoms with E-state index in [1.54, 1.807) is 0 Å². The molecule has 0 atom stereocenters. The second kappa shape index (κ2) is 13.4. The molecule has 4 saturated heterocycles. The first-order chi connectivity index (χ1) is 19.2. The summed E-state index contributed by atoms with van der Waals surface area (Å²) in [6, 6.07) is 2.47. The lowest BCUT2D eigenvalue weighted by molar-refractivity contribution is -0.126. The summed E-state index contributed by atoms with van der Waals surface area (Å²) >= 11 is 13.2. The van der Waals surface area contributed by atoms with Gasteiger partial charge in [0.2, 0.25) is 0 Å². The predicted molar refractivity (Wildman–Crippen MR) is 156 cm³/mol. The highest BCUT2D eigenvalue weighted by molar-refractivity contribution is 7.90. The minimum Gasteiger partial charge on any atom is -0.213 e. The third kappa shape index (κ3) is 6.51. The van der Waals surface area contributed by atoms with Gasteiger partial charge in [-0.25, -0.2) is 36.9 Å². The third-order valence-electron chi connectivity index (χ3n) is 8.27. The molecule has 0 aliphatic carbocycles. The van der Waals surface area contributed by atoms with E-state index in [9.17, 15) is 16.8 Å². The first-order valence-electron chi connectivity index (χ1n) is 14.8. The Morgan fingerprint density at radius 1 is 0.450 bits per heavy atom. The van der Waals surface area contributed by atoms with Gasteiger partial charge >= 0.3 is 0 Å². The number of hydrogen-bond donors (Lipinski definition) is 0. The molecule has 10 nitrogen and oxygen atoms in total. The molecule has 4 aliphatic rings. The van der Waals surface area contributed by atoms with Crippen LogP contribution in [-0.4, -0.2) is 98.3 Å². The zero-order valence-electron chi connectivity index (χ0n) is 23.2. The van der Waals surface area contributed by atoms with Crippen molar-refractivity contribution in [2.45, 2.75) is 86.8 Å². The highest BCUT2D eigenvalue weighted by Crippen LogP contribution is 2.37. The van der Waals surface area contributed by atoms with Crippen molar-refractivity contribution in [2.75, 3.05) is 52.4 Å². The molecule has 0 aromatic heterocycles. The maximum Gasteiger partial charge on any atom is 0.271 e. The topological polar surface area (TPSA) is 87.7 Å². The van der Waals surface area contributed by atoms with Crippen LogP contribution in [0.1, 0.15) is 77.0 Å². The molecule has 0 saturated carbocycles. The molecular weight excluding hydrogens is 595 g/mol. The van der Waals surface area contributed by atoms with E-state index in [-0.39, 0.29) is 19.8 Å². The largest absolute Gasteiger partial charge is 0.271 e. The van der Waals surface area contributed by atoms with E-state index in [4.69, 9.17) is 23.2 Å². The lowest BCUT2D eigenvalue weighted by Crippen LogP contribution is -2.59. The Bertz CT molecular complexity index is 1100. The van der Waals surface area contributed by atoms with E-state index < -0.39 is 20.0 Å². The van der Waals surface area contributed by atoms with E-state index in [2.05, 4.69) is 0 Å². The van der Waals surface area contributed by atoms with Gasteiger partial charge in [0, 0.05) is 52.4 Å². The molecule has 1 aromatic rings. The highest BCUT2D eigenvalue weighted by atomic mass is 35.5. The number of sulfonamides is 2. The van der Waals surface area contributed by atoms with Crippen molar-refractivity contribution in [2.24, 2.45) is 0 Å². The lowest BCUT2D eigenvalue weighted by Gasteiger charge is -2.44. The first-order valence-corrected chi connectivity index (χ1v) is 18.4. The second-order valence-corrected chi connectivity index (χ2v) is 15.5. The Morgan fingerprint density at radius 2 is 0.700 bits per heavy atom. The number of benzene rings is 1.